The van der Waals surface area contributed by atoms with E-state index in [0.717, 1.165) is 68.8 Å². The molecule has 2 spiro atoms. The zero-order valence-electron chi connectivity index (χ0n) is 22.2. The van der Waals surface area contributed by atoms with Gasteiger partial charge in [-0.15, -0.1) is 0 Å². The van der Waals surface area contributed by atoms with Gasteiger partial charge in [-0.25, -0.2) is 0 Å². The quantitative estimate of drug-likeness (QED) is 0.633. The number of ether oxygens (including phenoxy) is 1. The number of hydrogen-bond acceptors (Lipinski definition) is 6. The topological polar surface area (TPSA) is 91.1 Å². The summed E-state index contributed by atoms with van der Waals surface area (Å²) in [7, 11) is 0. The summed E-state index contributed by atoms with van der Waals surface area (Å²) in [5, 5.41) is 28.2. The number of benzene rings is 1. The Bertz CT molecular complexity index is 1320. The molecule has 2 saturated heterocycles. The van der Waals surface area contributed by atoms with Crippen LogP contribution in [0.2, 0.25) is 0 Å². The van der Waals surface area contributed by atoms with E-state index in [1.165, 1.54) is 18.4 Å². The molecule has 2 saturated carbocycles. The number of amides is 1. The fraction of sp³-hybridized carbons (Fsp3) is 0.667. The Morgan fingerprint density at radius 1 is 1.18 bits per heavy atom. The Kier molecular flexibility index (Phi) is 4.76. The number of aromatic hydroxyl groups is 1. The number of aromatic nitrogens is 2. The Labute approximate surface area is 223 Å². The number of likely N-dealkylation sites (tertiary alicyclic amines) is 2. The van der Waals surface area contributed by atoms with Crippen molar-refractivity contribution in [2.75, 3.05) is 19.6 Å². The Hall–Kier alpha value is -2.58. The number of nitrogens with zero attached hydrogens (tertiary/aromatic N) is 4. The van der Waals surface area contributed by atoms with Crippen LogP contribution in [0.5, 0.6) is 11.5 Å². The van der Waals surface area contributed by atoms with Crippen molar-refractivity contribution in [3.05, 3.63) is 41.2 Å². The first-order valence-corrected chi connectivity index (χ1v) is 14.6. The second-order valence-electron chi connectivity index (χ2n) is 13.0. The van der Waals surface area contributed by atoms with E-state index in [0.29, 0.717) is 25.1 Å². The maximum Gasteiger partial charge on any atom is 0.225 e. The molecule has 4 fully saturated rings. The maximum absolute atomic E-state index is 13.8. The molecule has 1 amide bonds. The van der Waals surface area contributed by atoms with Crippen LogP contribution in [0.25, 0.3) is 0 Å². The molecule has 2 bridgehead atoms. The second kappa shape index (κ2) is 7.75. The molecule has 38 heavy (non-hydrogen) atoms. The predicted octanol–water partition coefficient (Wildman–Crippen LogP) is 2.91. The molecule has 8 rings (SSSR count). The summed E-state index contributed by atoms with van der Waals surface area (Å²) in [6.07, 6.45) is 11.3. The third-order valence-electron chi connectivity index (χ3n) is 11.1. The van der Waals surface area contributed by atoms with Crippen molar-refractivity contribution < 1.29 is 19.7 Å². The Balaban J connectivity index is 1.19. The first-order valence-electron chi connectivity index (χ1n) is 14.6. The van der Waals surface area contributed by atoms with E-state index >= 15 is 0 Å². The number of carbonyl (C=O) groups is 1. The lowest BCUT2D eigenvalue weighted by molar-refractivity contribution is -0.217. The molecule has 2 N–H and O–H groups in total. The van der Waals surface area contributed by atoms with E-state index in [1.54, 1.807) is 6.07 Å². The fourth-order valence-electron chi connectivity index (χ4n) is 9.33. The van der Waals surface area contributed by atoms with Crippen LogP contribution in [-0.2, 0) is 23.2 Å². The third kappa shape index (κ3) is 2.88. The number of piperidine rings is 1. The SMILES string of the molecule is Cc1cnn(CCC(=O)N2CCC[C@]23CC[C@@]2(O)[C@H]4Cc5ccc(O)c6c5[C@@]2(CCN4CC2CC2)[C@H]3O6)c1. The number of hydrogen-bond donors (Lipinski definition) is 2. The maximum atomic E-state index is 13.8. The van der Waals surface area contributed by atoms with Gasteiger partial charge in [0.15, 0.2) is 11.5 Å². The van der Waals surface area contributed by atoms with E-state index in [-0.39, 0.29) is 23.8 Å². The highest BCUT2D eigenvalue weighted by Crippen LogP contribution is 2.69. The molecule has 5 atom stereocenters. The van der Waals surface area contributed by atoms with Gasteiger partial charge in [0.05, 0.1) is 22.8 Å². The van der Waals surface area contributed by atoms with Crippen LogP contribution in [0.4, 0.5) is 0 Å². The second-order valence-corrected chi connectivity index (χ2v) is 13.0. The molecule has 1 aromatic heterocycles. The molecule has 2 aromatic rings. The number of phenolic OH excluding ortho intramolecular Hbond substituents is 1. The van der Waals surface area contributed by atoms with Gasteiger partial charge in [-0.1, -0.05) is 6.07 Å². The summed E-state index contributed by atoms with van der Waals surface area (Å²) in [6.45, 7) is 5.29. The molecule has 6 aliphatic rings. The smallest absolute Gasteiger partial charge is 0.225 e. The number of carbonyl (C=O) groups excluding carboxylic acids is 1. The van der Waals surface area contributed by atoms with Gasteiger partial charge < -0.3 is 19.8 Å². The number of aryl methyl sites for hydroxylation is 2. The first-order chi connectivity index (χ1) is 18.4. The van der Waals surface area contributed by atoms with Crippen LogP contribution in [0, 0.1) is 12.8 Å². The highest BCUT2D eigenvalue weighted by Gasteiger charge is 2.77. The van der Waals surface area contributed by atoms with Gasteiger partial charge in [0.25, 0.3) is 0 Å². The largest absolute Gasteiger partial charge is 0.504 e. The van der Waals surface area contributed by atoms with E-state index in [9.17, 15) is 15.0 Å². The van der Waals surface area contributed by atoms with Crippen molar-refractivity contribution in [2.45, 2.75) is 100.0 Å². The zero-order chi connectivity index (χ0) is 25.9. The number of aliphatic hydroxyl groups is 1. The summed E-state index contributed by atoms with van der Waals surface area (Å²) >= 11 is 0. The van der Waals surface area contributed by atoms with Crippen molar-refractivity contribution in [3.8, 4) is 11.5 Å². The molecule has 3 aliphatic heterocycles. The number of fused-ring (bicyclic) bond motifs is 1. The van der Waals surface area contributed by atoms with Gasteiger partial charge in [0.1, 0.15) is 6.10 Å². The third-order valence-corrected chi connectivity index (χ3v) is 11.1. The average molecular weight is 519 g/mol. The number of phenols is 1. The van der Waals surface area contributed by atoms with Gasteiger partial charge >= 0.3 is 0 Å². The Morgan fingerprint density at radius 2 is 2.05 bits per heavy atom. The van der Waals surface area contributed by atoms with Crippen molar-refractivity contribution in [2.24, 2.45) is 5.92 Å². The summed E-state index contributed by atoms with van der Waals surface area (Å²) < 4.78 is 8.70. The number of rotatable bonds is 5. The summed E-state index contributed by atoms with van der Waals surface area (Å²) in [4.78, 5) is 18.5. The van der Waals surface area contributed by atoms with E-state index < -0.39 is 16.6 Å². The predicted molar refractivity (Wildman–Crippen MR) is 140 cm³/mol. The van der Waals surface area contributed by atoms with E-state index in [4.69, 9.17) is 4.74 Å². The standard InChI is InChI=1S/C30H38N4O4/c1-19-16-31-33(17-19)13-7-24(36)34-12-2-8-28(34)9-10-30(37)23-15-21-5-6-22(35)26-25(21)29(30,27(28)38-26)11-14-32(23)18-20-3-4-20/h5-6,16-17,20,23,27,35,37H,2-4,7-15,18H2,1H3/t23-,27+,28-,29+,30-/m1/s1. The minimum absolute atomic E-state index is 0.0527. The van der Waals surface area contributed by atoms with Gasteiger partial charge in [0.2, 0.25) is 5.91 Å². The fourth-order valence-corrected chi connectivity index (χ4v) is 9.33. The van der Waals surface area contributed by atoms with Crippen LogP contribution in [-0.4, -0.2) is 78.6 Å². The molecule has 1 aromatic carbocycles. The molecule has 202 valence electrons. The van der Waals surface area contributed by atoms with Crippen LogP contribution in [0.1, 0.15) is 68.1 Å². The van der Waals surface area contributed by atoms with E-state index in [2.05, 4.69) is 21.0 Å². The van der Waals surface area contributed by atoms with Crippen molar-refractivity contribution >= 4 is 5.91 Å². The average Bonchev–Trinajstić information content (AvgIpc) is 3.28. The van der Waals surface area contributed by atoms with Crippen molar-refractivity contribution in [1.29, 1.82) is 0 Å². The van der Waals surface area contributed by atoms with Crippen LogP contribution in [0.15, 0.2) is 24.5 Å². The highest BCUT2D eigenvalue weighted by atomic mass is 16.5. The molecule has 0 unspecified atom stereocenters. The van der Waals surface area contributed by atoms with Crippen LogP contribution >= 0.6 is 0 Å². The van der Waals surface area contributed by atoms with Crippen molar-refractivity contribution in [3.63, 3.8) is 0 Å². The van der Waals surface area contributed by atoms with Crippen LogP contribution < -0.4 is 4.74 Å². The lowest BCUT2D eigenvalue weighted by Gasteiger charge is -2.67. The lowest BCUT2D eigenvalue weighted by Crippen LogP contribution is -2.80. The molecule has 4 heterocycles. The Morgan fingerprint density at radius 3 is 2.84 bits per heavy atom. The van der Waals surface area contributed by atoms with Gasteiger partial charge in [-0.3, -0.25) is 14.4 Å². The molecule has 3 aliphatic carbocycles. The van der Waals surface area contributed by atoms with Crippen molar-refractivity contribution in [1.82, 2.24) is 19.6 Å². The minimum Gasteiger partial charge on any atom is -0.504 e. The highest BCUT2D eigenvalue weighted by molar-refractivity contribution is 5.78. The summed E-state index contributed by atoms with van der Waals surface area (Å²) in [5.74, 6) is 1.62. The van der Waals surface area contributed by atoms with E-state index in [1.807, 2.05) is 24.0 Å². The lowest BCUT2D eigenvalue weighted by atomic mass is 9.45. The van der Waals surface area contributed by atoms with Crippen LogP contribution in [0.3, 0.4) is 0 Å². The monoisotopic (exact) mass is 518 g/mol. The zero-order valence-corrected chi connectivity index (χ0v) is 22.2. The van der Waals surface area contributed by atoms with Gasteiger partial charge in [-0.05, 0) is 87.9 Å². The first kappa shape index (κ1) is 23.3. The van der Waals surface area contributed by atoms with Gasteiger partial charge in [0, 0.05) is 43.9 Å². The normalized spacial score (nSPS) is 36.9. The molecule has 8 heteroatoms. The molecule has 8 nitrogen and oxygen atoms in total. The molecular weight excluding hydrogens is 480 g/mol. The molecule has 0 radical (unpaired) electrons. The van der Waals surface area contributed by atoms with Gasteiger partial charge in [-0.2, -0.15) is 5.10 Å². The summed E-state index contributed by atoms with van der Waals surface area (Å²) in [5.41, 5.74) is 1.35. The summed E-state index contributed by atoms with van der Waals surface area (Å²) in [6, 6.07) is 3.88. The minimum atomic E-state index is -0.925. The molecular formula is C30H38N4O4.